The Morgan fingerprint density at radius 2 is 1.71 bits per heavy atom. The van der Waals surface area contributed by atoms with Crippen molar-refractivity contribution in [2.45, 2.75) is 96.3 Å². The first-order valence-electron chi connectivity index (χ1n) is 8.05. The van der Waals surface area contributed by atoms with Gasteiger partial charge in [-0.05, 0) is 45.3 Å². The summed E-state index contributed by atoms with van der Waals surface area (Å²) in [6.45, 7) is 17.2. The summed E-state index contributed by atoms with van der Waals surface area (Å²) in [5.74, 6) is -0.410. The Bertz CT molecular complexity index is 388. The second kappa shape index (κ2) is 5.30. The fraction of sp³-hybridized carbons (Fsp3) is 1.00. The minimum Gasteiger partial charge on any atom is -0.414 e. The predicted octanol–water partition coefficient (Wildman–Crippen LogP) is 3.30. The summed E-state index contributed by atoms with van der Waals surface area (Å²) in [4.78, 5) is 0. The highest BCUT2D eigenvalue weighted by molar-refractivity contribution is 6.74. The molecule has 0 spiro atoms. The maximum Gasteiger partial charge on any atom is 0.192 e. The molecule has 0 amide bonds. The zero-order valence-electron chi connectivity index (χ0n) is 14.8. The molecule has 124 valence electrons. The van der Waals surface area contributed by atoms with E-state index >= 15 is 0 Å². The van der Waals surface area contributed by atoms with Gasteiger partial charge < -0.3 is 19.0 Å². The highest BCUT2D eigenvalue weighted by Crippen LogP contribution is 2.45. The summed E-state index contributed by atoms with van der Waals surface area (Å²) in [6, 6.07) is 0. The van der Waals surface area contributed by atoms with Crippen LogP contribution in [0.1, 0.15) is 48.0 Å². The van der Waals surface area contributed by atoms with Crippen molar-refractivity contribution in [1.82, 2.24) is 0 Å². The second-order valence-electron chi connectivity index (χ2n) is 8.61. The van der Waals surface area contributed by atoms with Gasteiger partial charge in [-0.3, -0.25) is 0 Å². The van der Waals surface area contributed by atoms with Gasteiger partial charge in [0, 0.05) is 12.0 Å². The molecule has 1 aliphatic carbocycles. The van der Waals surface area contributed by atoms with Gasteiger partial charge in [-0.25, -0.2) is 0 Å². The van der Waals surface area contributed by atoms with E-state index in [0.29, 0.717) is 6.42 Å². The fourth-order valence-corrected chi connectivity index (χ4v) is 4.64. The first kappa shape index (κ1) is 17.4. The van der Waals surface area contributed by atoms with Crippen molar-refractivity contribution in [2.24, 2.45) is 5.92 Å². The van der Waals surface area contributed by atoms with E-state index in [-0.39, 0.29) is 29.3 Å². The van der Waals surface area contributed by atoms with Gasteiger partial charge in [0.2, 0.25) is 0 Å². The summed E-state index contributed by atoms with van der Waals surface area (Å²) < 4.78 is 18.4. The zero-order chi connectivity index (χ0) is 16.2. The quantitative estimate of drug-likeness (QED) is 0.812. The van der Waals surface area contributed by atoms with Gasteiger partial charge in [0.05, 0.1) is 12.2 Å². The molecule has 1 saturated carbocycles. The second-order valence-corrected chi connectivity index (χ2v) is 13.4. The third kappa shape index (κ3) is 3.37. The maximum absolute atomic E-state index is 10.3. The lowest BCUT2D eigenvalue weighted by Crippen LogP contribution is -2.46. The molecule has 2 rings (SSSR count). The lowest BCUT2D eigenvalue weighted by atomic mass is 10.00. The van der Waals surface area contributed by atoms with Crippen LogP contribution in [0.2, 0.25) is 18.1 Å². The van der Waals surface area contributed by atoms with Crippen molar-refractivity contribution in [3.05, 3.63) is 0 Å². The number of hydrogen-bond acceptors (Lipinski definition) is 4. The van der Waals surface area contributed by atoms with E-state index in [0.717, 1.165) is 0 Å². The van der Waals surface area contributed by atoms with Crippen LogP contribution in [-0.4, -0.2) is 43.6 Å². The van der Waals surface area contributed by atoms with E-state index in [1.54, 1.807) is 0 Å². The molecule has 21 heavy (non-hydrogen) atoms. The first-order valence-corrected chi connectivity index (χ1v) is 11.0. The standard InChI is InChI=1S/C16H32O4Si/c1-10(20-21(7,8)15(2,3)4)11-9-12(17)14-13(11)18-16(5,6)19-14/h10-14,17H,9H2,1-8H3/t10?,11-,12+,13-,14+/m1/s1. The normalized spacial score (nSPS) is 37.6. The van der Waals surface area contributed by atoms with Gasteiger partial charge in [0.1, 0.15) is 6.10 Å². The van der Waals surface area contributed by atoms with Crippen LogP contribution in [0.4, 0.5) is 0 Å². The molecular formula is C16H32O4Si. The van der Waals surface area contributed by atoms with Crippen LogP contribution >= 0.6 is 0 Å². The van der Waals surface area contributed by atoms with Crippen molar-refractivity contribution in [1.29, 1.82) is 0 Å². The Morgan fingerprint density at radius 3 is 2.24 bits per heavy atom. The number of hydrogen-bond donors (Lipinski definition) is 1. The molecule has 0 aromatic heterocycles. The van der Waals surface area contributed by atoms with Crippen LogP contribution in [0.3, 0.4) is 0 Å². The Kier molecular flexibility index (Phi) is 4.40. The van der Waals surface area contributed by atoms with E-state index in [4.69, 9.17) is 13.9 Å². The average molecular weight is 317 g/mol. The van der Waals surface area contributed by atoms with E-state index in [9.17, 15) is 5.11 Å². The van der Waals surface area contributed by atoms with Crippen LogP contribution in [0.5, 0.6) is 0 Å². The predicted molar refractivity (Wildman–Crippen MR) is 85.7 cm³/mol. The molecule has 2 fully saturated rings. The highest BCUT2D eigenvalue weighted by atomic mass is 28.4. The van der Waals surface area contributed by atoms with Gasteiger partial charge in [-0.15, -0.1) is 0 Å². The molecule has 1 heterocycles. The summed E-state index contributed by atoms with van der Waals surface area (Å²) in [6.07, 6.45) is 0.0480. The van der Waals surface area contributed by atoms with Crippen LogP contribution in [0.25, 0.3) is 0 Å². The monoisotopic (exact) mass is 316 g/mol. The summed E-state index contributed by atoms with van der Waals surface area (Å²) >= 11 is 0. The van der Waals surface area contributed by atoms with Crippen molar-refractivity contribution in [3.8, 4) is 0 Å². The molecular weight excluding hydrogens is 284 g/mol. The van der Waals surface area contributed by atoms with Crippen molar-refractivity contribution in [3.63, 3.8) is 0 Å². The summed E-state index contributed by atoms with van der Waals surface area (Å²) in [5, 5.41) is 10.4. The smallest absolute Gasteiger partial charge is 0.192 e. The molecule has 0 aromatic carbocycles. The molecule has 0 radical (unpaired) electrons. The Labute approximate surface area is 130 Å². The lowest BCUT2D eigenvalue weighted by Gasteiger charge is -2.40. The zero-order valence-corrected chi connectivity index (χ0v) is 15.8. The average Bonchev–Trinajstić information content (AvgIpc) is 2.72. The van der Waals surface area contributed by atoms with Crippen LogP contribution in [0, 0.1) is 5.92 Å². The molecule has 0 bridgehead atoms. The van der Waals surface area contributed by atoms with Crippen molar-refractivity contribution < 1.29 is 19.0 Å². The Morgan fingerprint density at radius 1 is 1.19 bits per heavy atom. The molecule has 0 aromatic rings. The first-order chi connectivity index (χ1) is 9.34. The van der Waals surface area contributed by atoms with Gasteiger partial charge in [-0.2, -0.15) is 0 Å². The third-order valence-corrected chi connectivity index (χ3v) is 9.94. The molecule has 4 nitrogen and oxygen atoms in total. The third-order valence-electron chi connectivity index (χ3n) is 5.37. The Hall–Kier alpha value is 0.0569. The van der Waals surface area contributed by atoms with Gasteiger partial charge in [-0.1, -0.05) is 20.8 Å². The largest absolute Gasteiger partial charge is 0.414 e. The van der Waals surface area contributed by atoms with E-state index < -0.39 is 20.2 Å². The van der Waals surface area contributed by atoms with Crippen LogP contribution in [0.15, 0.2) is 0 Å². The van der Waals surface area contributed by atoms with Gasteiger partial charge in [0.15, 0.2) is 14.1 Å². The SMILES string of the molecule is CC(O[Si](C)(C)C(C)(C)C)[C@H]1C[C@H](O)[C@@H]2OC(C)(C)O[C@@H]21. The molecule has 5 heteroatoms. The molecule has 5 atom stereocenters. The number of aliphatic hydroxyl groups is 1. The van der Waals surface area contributed by atoms with Gasteiger partial charge in [0.25, 0.3) is 0 Å². The van der Waals surface area contributed by atoms with Crippen LogP contribution < -0.4 is 0 Å². The number of aliphatic hydroxyl groups excluding tert-OH is 1. The topological polar surface area (TPSA) is 47.9 Å². The minimum atomic E-state index is -1.82. The van der Waals surface area contributed by atoms with Crippen molar-refractivity contribution >= 4 is 8.32 Å². The number of fused-ring (bicyclic) bond motifs is 1. The van der Waals surface area contributed by atoms with E-state index in [1.165, 1.54) is 0 Å². The molecule has 1 N–H and O–H groups in total. The minimum absolute atomic E-state index is 0.0604. The highest BCUT2D eigenvalue weighted by Gasteiger charge is 2.55. The number of ether oxygens (including phenoxy) is 2. The van der Waals surface area contributed by atoms with Gasteiger partial charge >= 0.3 is 0 Å². The molecule has 1 aliphatic heterocycles. The van der Waals surface area contributed by atoms with E-state index in [1.807, 2.05) is 13.8 Å². The summed E-state index contributed by atoms with van der Waals surface area (Å²) in [7, 11) is -1.82. The van der Waals surface area contributed by atoms with Crippen LogP contribution in [-0.2, 0) is 13.9 Å². The molecule has 2 aliphatic rings. The molecule has 1 unspecified atom stereocenters. The number of rotatable bonds is 3. The van der Waals surface area contributed by atoms with Crippen molar-refractivity contribution in [2.75, 3.05) is 0 Å². The molecule has 1 saturated heterocycles. The fourth-order valence-electron chi connectivity index (χ4n) is 3.18. The van der Waals surface area contributed by atoms with E-state index in [2.05, 4.69) is 40.8 Å². The maximum atomic E-state index is 10.3. The Balaban J connectivity index is 2.09. The summed E-state index contributed by atoms with van der Waals surface area (Å²) in [5.41, 5.74) is 0. The lowest BCUT2D eigenvalue weighted by molar-refractivity contribution is -0.170.